The van der Waals surface area contributed by atoms with Crippen LogP contribution in [0.4, 0.5) is 23.2 Å². The number of allylic oxidation sites excluding steroid dienone is 2. The molecule has 0 fully saturated rings. The maximum Gasteiger partial charge on any atom is 0.433 e. The number of nitrogens with one attached hydrogen (secondary N) is 2. The quantitative estimate of drug-likeness (QED) is 0.395. The van der Waals surface area contributed by atoms with E-state index in [2.05, 4.69) is 35.8 Å². The highest BCUT2D eigenvalue weighted by atomic mass is 32.2. The topological polar surface area (TPSA) is 88.2 Å². The lowest BCUT2D eigenvalue weighted by atomic mass is 9.72. The van der Waals surface area contributed by atoms with Crippen LogP contribution in [0.15, 0.2) is 36.4 Å². The lowest BCUT2D eigenvalue weighted by Crippen LogP contribution is -2.28. The molecule has 0 bridgehead atoms. The van der Waals surface area contributed by atoms with E-state index in [0.29, 0.717) is 23.5 Å². The van der Waals surface area contributed by atoms with Gasteiger partial charge in [-0.15, -0.1) is 0 Å². The minimum Gasteiger partial charge on any atom is -0.351 e. The van der Waals surface area contributed by atoms with Gasteiger partial charge in [0.05, 0.1) is 23.6 Å². The molecule has 1 aromatic heterocycles. The van der Waals surface area contributed by atoms with Gasteiger partial charge in [0, 0.05) is 6.54 Å². The Bertz CT molecular complexity index is 1330. The summed E-state index contributed by atoms with van der Waals surface area (Å²) in [6, 6.07) is 5.97. The van der Waals surface area contributed by atoms with E-state index in [1.54, 1.807) is 6.92 Å². The zero-order chi connectivity index (χ0) is 28.5. The minimum absolute atomic E-state index is 0.0557. The van der Waals surface area contributed by atoms with Crippen LogP contribution < -0.4 is 10.0 Å². The second-order valence-electron chi connectivity index (χ2n) is 10.8. The molecular formula is C27H33F4N3O3S. The summed E-state index contributed by atoms with van der Waals surface area (Å²) in [5.41, 5.74) is 0.569. The van der Waals surface area contributed by atoms with Gasteiger partial charge in [-0.25, -0.2) is 17.8 Å². The van der Waals surface area contributed by atoms with Crippen LogP contribution in [0.3, 0.4) is 0 Å². The molecule has 208 valence electrons. The van der Waals surface area contributed by atoms with E-state index in [-0.39, 0.29) is 23.3 Å². The van der Waals surface area contributed by atoms with Gasteiger partial charge >= 0.3 is 6.18 Å². The molecule has 1 aliphatic carbocycles. The zero-order valence-electron chi connectivity index (χ0n) is 22.0. The van der Waals surface area contributed by atoms with E-state index in [4.69, 9.17) is 0 Å². The Morgan fingerprint density at radius 2 is 1.84 bits per heavy atom. The van der Waals surface area contributed by atoms with Gasteiger partial charge in [0.1, 0.15) is 11.5 Å². The molecule has 1 aromatic carbocycles. The standard InChI is InChI=1S/C27H33F4N3O3S/c1-16(18-8-12-22(21(28)14-18)34-38(5,36)37)25(35)32-15-19-9-13-23(27(29,30)31)33-24(19)17-6-10-20(11-7-17)26(2,3)4/h6,8-9,12-14,16,20,34H,7,10-11,15H2,1-5H3,(H,32,35)/t16-,20?/m0/s1. The van der Waals surface area contributed by atoms with Crippen LogP contribution in [-0.4, -0.2) is 25.6 Å². The molecule has 6 nitrogen and oxygen atoms in total. The van der Waals surface area contributed by atoms with Crippen molar-refractivity contribution in [3.63, 3.8) is 0 Å². The summed E-state index contributed by atoms with van der Waals surface area (Å²) in [4.78, 5) is 16.8. The maximum absolute atomic E-state index is 14.4. The van der Waals surface area contributed by atoms with Crippen molar-refractivity contribution < 1.29 is 30.8 Å². The number of rotatable bonds is 7. The Labute approximate surface area is 221 Å². The van der Waals surface area contributed by atoms with E-state index >= 15 is 0 Å². The normalized spacial score (nSPS) is 17.5. The van der Waals surface area contributed by atoms with E-state index in [0.717, 1.165) is 36.8 Å². The summed E-state index contributed by atoms with van der Waals surface area (Å²) >= 11 is 0. The fraction of sp³-hybridized carbons (Fsp3) is 0.481. The largest absolute Gasteiger partial charge is 0.433 e. The van der Waals surface area contributed by atoms with Crippen molar-refractivity contribution in [3.05, 3.63) is 64.7 Å². The molecule has 1 aliphatic rings. The predicted octanol–water partition coefficient (Wildman–Crippen LogP) is 6.26. The van der Waals surface area contributed by atoms with E-state index in [9.17, 15) is 30.8 Å². The monoisotopic (exact) mass is 555 g/mol. The predicted molar refractivity (Wildman–Crippen MR) is 139 cm³/mol. The second-order valence-corrected chi connectivity index (χ2v) is 12.6. The highest BCUT2D eigenvalue weighted by molar-refractivity contribution is 7.92. The molecular weight excluding hydrogens is 522 g/mol. The third kappa shape index (κ3) is 7.55. The van der Waals surface area contributed by atoms with Crippen molar-refractivity contribution in [1.82, 2.24) is 10.3 Å². The molecule has 0 saturated heterocycles. The zero-order valence-corrected chi connectivity index (χ0v) is 22.9. The maximum atomic E-state index is 14.4. The number of hydrogen-bond donors (Lipinski definition) is 2. The molecule has 2 atom stereocenters. The first-order chi connectivity index (χ1) is 17.5. The third-order valence-corrected chi connectivity index (χ3v) is 7.43. The summed E-state index contributed by atoms with van der Waals surface area (Å²) in [5, 5.41) is 2.72. The van der Waals surface area contributed by atoms with E-state index in [1.807, 2.05) is 6.08 Å². The van der Waals surface area contributed by atoms with Crippen LogP contribution in [0, 0.1) is 17.2 Å². The molecule has 2 N–H and O–H groups in total. The number of halogens is 4. The van der Waals surface area contributed by atoms with Crippen molar-refractivity contribution in [2.24, 2.45) is 11.3 Å². The van der Waals surface area contributed by atoms with Crippen LogP contribution >= 0.6 is 0 Å². The van der Waals surface area contributed by atoms with Gasteiger partial charge in [0.15, 0.2) is 0 Å². The average molecular weight is 556 g/mol. The van der Waals surface area contributed by atoms with Gasteiger partial charge in [0.2, 0.25) is 15.9 Å². The summed E-state index contributed by atoms with van der Waals surface area (Å²) in [5.74, 6) is -1.70. The Kier molecular flexibility index (Phi) is 8.60. The molecule has 11 heteroatoms. The minimum atomic E-state index is -4.60. The highest BCUT2D eigenvalue weighted by Crippen LogP contribution is 2.40. The molecule has 3 rings (SSSR count). The van der Waals surface area contributed by atoms with Crippen molar-refractivity contribution in [3.8, 4) is 0 Å². The van der Waals surface area contributed by atoms with Gasteiger partial charge in [-0.2, -0.15) is 13.2 Å². The lowest BCUT2D eigenvalue weighted by Gasteiger charge is -2.33. The molecule has 0 spiro atoms. The van der Waals surface area contributed by atoms with Crippen molar-refractivity contribution in [2.75, 3.05) is 11.0 Å². The number of carbonyl (C=O) groups is 1. The Morgan fingerprint density at radius 1 is 1.16 bits per heavy atom. The average Bonchev–Trinajstić information content (AvgIpc) is 2.81. The number of pyridine rings is 1. The molecule has 38 heavy (non-hydrogen) atoms. The number of alkyl halides is 3. The number of aromatic nitrogens is 1. The van der Waals surface area contributed by atoms with E-state index < -0.39 is 39.5 Å². The summed E-state index contributed by atoms with van der Waals surface area (Å²) < 4.78 is 79.4. The molecule has 2 aromatic rings. The molecule has 1 unspecified atom stereocenters. The first-order valence-corrected chi connectivity index (χ1v) is 14.2. The van der Waals surface area contributed by atoms with Crippen LogP contribution in [0.2, 0.25) is 0 Å². The SMILES string of the molecule is C[C@H](C(=O)NCc1ccc(C(F)(F)F)nc1C1=CCC(C(C)(C)C)CC1)c1ccc(NS(C)(=O)=O)c(F)c1. The number of carbonyl (C=O) groups excluding carboxylic acids is 1. The summed E-state index contributed by atoms with van der Waals surface area (Å²) in [7, 11) is -3.67. The molecule has 0 radical (unpaired) electrons. The number of amides is 1. The van der Waals surface area contributed by atoms with Crippen molar-refractivity contribution in [2.45, 2.75) is 65.6 Å². The number of hydrogen-bond acceptors (Lipinski definition) is 4. The Balaban J connectivity index is 1.80. The van der Waals surface area contributed by atoms with E-state index in [1.165, 1.54) is 18.2 Å². The van der Waals surface area contributed by atoms with Crippen LogP contribution in [0.25, 0.3) is 5.57 Å². The van der Waals surface area contributed by atoms with Crippen molar-refractivity contribution in [1.29, 1.82) is 0 Å². The molecule has 0 saturated carbocycles. The van der Waals surface area contributed by atoms with Gasteiger partial charge in [-0.1, -0.05) is 39.0 Å². The fourth-order valence-corrected chi connectivity index (χ4v) is 5.04. The number of sulfonamides is 1. The Morgan fingerprint density at radius 3 is 2.37 bits per heavy atom. The van der Waals surface area contributed by atoms with Crippen LogP contribution in [-0.2, 0) is 27.5 Å². The van der Waals surface area contributed by atoms with Gasteiger partial charge in [0.25, 0.3) is 0 Å². The molecule has 1 amide bonds. The highest BCUT2D eigenvalue weighted by Gasteiger charge is 2.34. The molecule has 0 aliphatic heterocycles. The second kappa shape index (κ2) is 11.0. The Hall–Kier alpha value is -2.95. The van der Waals surface area contributed by atoms with Crippen LogP contribution in [0.5, 0.6) is 0 Å². The first-order valence-electron chi connectivity index (χ1n) is 12.3. The van der Waals surface area contributed by atoms with Crippen molar-refractivity contribution >= 4 is 27.2 Å². The first kappa shape index (κ1) is 29.6. The number of benzene rings is 1. The van der Waals surface area contributed by atoms with Crippen LogP contribution in [0.1, 0.15) is 75.4 Å². The number of anilines is 1. The van der Waals surface area contributed by atoms with Gasteiger partial charge < -0.3 is 5.32 Å². The number of nitrogens with zero attached hydrogens (tertiary/aromatic N) is 1. The summed E-state index contributed by atoms with van der Waals surface area (Å²) in [6.45, 7) is 7.92. The summed E-state index contributed by atoms with van der Waals surface area (Å²) in [6.07, 6.45) is 0.385. The molecule has 1 heterocycles. The fourth-order valence-electron chi connectivity index (χ4n) is 4.47. The smallest absolute Gasteiger partial charge is 0.351 e. The van der Waals surface area contributed by atoms with Gasteiger partial charge in [-0.05, 0) is 72.4 Å². The third-order valence-electron chi connectivity index (χ3n) is 6.84. The lowest BCUT2D eigenvalue weighted by molar-refractivity contribution is -0.141. The van der Waals surface area contributed by atoms with Gasteiger partial charge in [-0.3, -0.25) is 9.52 Å².